The molecule has 0 amide bonds. The lowest BCUT2D eigenvalue weighted by atomic mass is 10.1. The molecule has 0 unspecified atom stereocenters. The largest absolute Gasteiger partial charge is 0.378 e. The molecule has 5 aromatic rings. The number of fused-ring (bicyclic) bond motifs is 3. The van der Waals surface area contributed by atoms with Crippen molar-refractivity contribution in [3.05, 3.63) is 87.3 Å². The van der Waals surface area contributed by atoms with Crippen molar-refractivity contribution in [1.82, 2.24) is 29.4 Å². The molecule has 3 aromatic heterocycles. The quantitative estimate of drug-likeness (QED) is 0.407. The van der Waals surface area contributed by atoms with Crippen LogP contribution >= 0.6 is 11.6 Å². The molecule has 0 bridgehead atoms. The Morgan fingerprint density at radius 2 is 1.84 bits per heavy atom. The van der Waals surface area contributed by atoms with Crippen LogP contribution in [0.4, 0.5) is 4.39 Å². The summed E-state index contributed by atoms with van der Waals surface area (Å²) in [5.74, 6) is -0.351. The Labute approximate surface area is 185 Å². The minimum Gasteiger partial charge on any atom is -0.378 e. The minimum atomic E-state index is -0.364. The van der Waals surface area contributed by atoms with Gasteiger partial charge < -0.3 is 4.74 Å². The molecule has 0 saturated carbocycles. The zero-order chi connectivity index (χ0) is 22.2. The number of ether oxygens (including phenoxy) is 1. The average molecular weight is 451 g/mol. The molecule has 2 aromatic carbocycles. The molecule has 5 rings (SSSR count). The highest BCUT2D eigenvalue weighted by Gasteiger charge is 2.20. The summed E-state index contributed by atoms with van der Waals surface area (Å²) in [5, 5.41) is 13.5. The zero-order valence-electron chi connectivity index (χ0n) is 16.9. The van der Waals surface area contributed by atoms with E-state index in [1.54, 1.807) is 25.3 Å². The highest BCUT2D eigenvalue weighted by molar-refractivity contribution is 6.31. The molecule has 0 N–H and O–H groups in total. The maximum atomic E-state index is 13.4. The summed E-state index contributed by atoms with van der Waals surface area (Å²) in [4.78, 5) is 17.5. The molecular weight excluding hydrogens is 435 g/mol. The van der Waals surface area contributed by atoms with Crippen molar-refractivity contribution >= 4 is 28.4 Å². The number of hydrogen-bond acceptors (Lipinski definition) is 6. The normalized spacial score (nSPS) is 11.5. The monoisotopic (exact) mass is 450 g/mol. The van der Waals surface area contributed by atoms with E-state index in [-0.39, 0.29) is 35.7 Å². The van der Waals surface area contributed by atoms with Gasteiger partial charge in [0, 0.05) is 12.1 Å². The summed E-state index contributed by atoms with van der Waals surface area (Å²) < 4.78 is 21.6. The fraction of sp³-hybridized carbons (Fsp3) is 0.136. The predicted molar refractivity (Wildman–Crippen MR) is 117 cm³/mol. The van der Waals surface area contributed by atoms with Gasteiger partial charge in [-0.05, 0) is 29.3 Å². The summed E-state index contributed by atoms with van der Waals surface area (Å²) in [7, 11) is 1.55. The van der Waals surface area contributed by atoms with Crippen LogP contribution in [0.15, 0.2) is 59.7 Å². The van der Waals surface area contributed by atoms with E-state index in [4.69, 9.17) is 16.3 Å². The van der Waals surface area contributed by atoms with Crippen molar-refractivity contribution in [2.45, 2.75) is 13.2 Å². The van der Waals surface area contributed by atoms with Crippen LogP contribution in [0.1, 0.15) is 11.3 Å². The Morgan fingerprint density at radius 3 is 2.59 bits per heavy atom. The van der Waals surface area contributed by atoms with Gasteiger partial charge in [-0.2, -0.15) is 9.61 Å². The topological polar surface area (TPSA) is 87.2 Å². The third kappa shape index (κ3) is 3.41. The van der Waals surface area contributed by atoms with Gasteiger partial charge in [-0.25, -0.2) is 9.37 Å². The highest BCUT2D eigenvalue weighted by atomic mass is 35.5. The van der Waals surface area contributed by atoms with E-state index < -0.39 is 0 Å². The molecule has 0 fully saturated rings. The van der Waals surface area contributed by atoms with Crippen molar-refractivity contribution in [2.24, 2.45) is 0 Å². The van der Waals surface area contributed by atoms with Crippen LogP contribution in [0.5, 0.6) is 0 Å². The fourth-order valence-corrected chi connectivity index (χ4v) is 3.77. The first-order valence-electron chi connectivity index (χ1n) is 9.68. The third-order valence-electron chi connectivity index (χ3n) is 5.09. The summed E-state index contributed by atoms with van der Waals surface area (Å²) in [6.45, 7) is 0.442. The van der Waals surface area contributed by atoms with Gasteiger partial charge in [0.15, 0.2) is 16.8 Å². The van der Waals surface area contributed by atoms with Crippen LogP contribution in [0.25, 0.3) is 27.9 Å². The van der Waals surface area contributed by atoms with Gasteiger partial charge >= 0.3 is 0 Å². The van der Waals surface area contributed by atoms with E-state index in [0.29, 0.717) is 27.5 Å². The lowest BCUT2D eigenvalue weighted by Gasteiger charge is -2.08. The molecule has 3 heterocycles. The number of halogens is 2. The molecule has 0 saturated heterocycles. The van der Waals surface area contributed by atoms with Crippen molar-refractivity contribution in [1.29, 1.82) is 0 Å². The van der Waals surface area contributed by atoms with E-state index in [1.165, 1.54) is 27.5 Å². The fourth-order valence-electron chi connectivity index (χ4n) is 3.58. The van der Waals surface area contributed by atoms with Crippen LogP contribution in [-0.4, -0.2) is 36.5 Å². The van der Waals surface area contributed by atoms with E-state index in [9.17, 15) is 9.18 Å². The number of hydrogen-bond donors (Lipinski definition) is 0. The zero-order valence-corrected chi connectivity index (χ0v) is 17.6. The Bertz CT molecular complexity index is 1510. The molecule has 160 valence electrons. The molecular formula is C22H16ClFN6O2. The lowest BCUT2D eigenvalue weighted by Crippen LogP contribution is -2.23. The summed E-state index contributed by atoms with van der Waals surface area (Å²) >= 11 is 6.23. The molecule has 0 spiro atoms. The van der Waals surface area contributed by atoms with Crippen molar-refractivity contribution in [3.8, 4) is 11.1 Å². The Morgan fingerprint density at radius 1 is 1.06 bits per heavy atom. The van der Waals surface area contributed by atoms with Gasteiger partial charge in [0.25, 0.3) is 5.56 Å². The Hall–Kier alpha value is -3.69. The molecule has 0 aliphatic carbocycles. The number of nitrogens with zero attached hydrogens (tertiary/aromatic N) is 6. The predicted octanol–water partition coefficient (Wildman–Crippen LogP) is 3.49. The summed E-state index contributed by atoms with van der Waals surface area (Å²) in [6.07, 6.45) is 1.43. The molecule has 32 heavy (non-hydrogen) atoms. The van der Waals surface area contributed by atoms with Crippen LogP contribution in [0, 0.1) is 5.82 Å². The standard InChI is InChI=1S/C22H16ClFN6O2/c1-32-11-17-18(13-6-8-15(24)9-7-13)20-27-26-19-21(30(20)28-17)25-12-29(22(19)31)10-14-4-2-3-5-16(14)23/h2-9,12H,10-11H2,1H3. The number of rotatable bonds is 5. The van der Waals surface area contributed by atoms with Gasteiger partial charge in [-0.15, -0.1) is 10.2 Å². The van der Waals surface area contributed by atoms with E-state index >= 15 is 0 Å². The van der Waals surface area contributed by atoms with E-state index in [0.717, 1.165) is 5.56 Å². The van der Waals surface area contributed by atoms with Crippen LogP contribution < -0.4 is 5.56 Å². The first kappa shape index (κ1) is 20.2. The Kier molecular flexibility index (Phi) is 5.12. The first-order chi connectivity index (χ1) is 15.6. The van der Waals surface area contributed by atoms with E-state index in [2.05, 4.69) is 20.3 Å². The maximum Gasteiger partial charge on any atom is 0.283 e. The minimum absolute atomic E-state index is 0.0733. The van der Waals surface area contributed by atoms with Crippen LogP contribution in [-0.2, 0) is 17.9 Å². The molecule has 0 radical (unpaired) electrons. The van der Waals surface area contributed by atoms with Gasteiger partial charge in [-0.3, -0.25) is 9.36 Å². The van der Waals surface area contributed by atoms with Crippen molar-refractivity contribution in [3.63, 3.8) is 0 Å². The number of methoxy groups -OCH3 is 1. The maximum absolute atomic E-state index is 13.4. The lowest BCUT2D eigenvalue weighted by molar-refractivity contribution is 0.181. The number of aromatic nitrogens is 6. The van der Waals surface area contributed by atoms with Crippen molar-refractivity contribution < 1.29 is 9.13 Å². The highest BCUT2D eigenvalue weighted by Crippen LogP contribution is 2.29. The molecule has 8 nitrogen and oxygen atoms in total. The second-order valence-corrected chi connectivity index (χ2v) is 7.55. The number of benzene rings is 2. The molecule has 10 heteroatoms. The molecule has 0 aliphatic heterocycles. The SMILES string of the molecule is COCc1nn2c(nnc3c(=O)n(Cc4ccccc4Cl)cnc32)c1-c1ccc(F)cc1. The van der Waals surface area contributed by atoms with E-state index in [1.807, 2.05) is 18.2 Å². The second kappa shape index (κ2) is 8.10. The van der Waals surface area contributed by atoms with Gasteiger partial charge in [0.1, 0.15) is 12.1 Å². The third-order valence-corrected chi connectivity index (χ3v) is 5.45. The average Bonchev–Trinajstić information content (AvgIpc) is 3.16. The summed E-state index contributed by atoms with van der Waals surface area (Å²) in [5.41, 5.74) is 3.07. The second-order valence-electron chi connectivity index (χ2n) is 7.14. The molecule has 0 atom stereocenters. The Balaban J connectivity index is 1.69. The van der Waals surface area contributed by atoms with Crippen LogP contribution in [0.3, 0.4) is 0 Å². The van der Waals surface area contributed by atoms with Gasteiger partial charge in [0.05, 0.1) is 24.4 Å². The van der Waals surface area contributed by atoms with Crippen LogP contribution in [0.2, 0.25) is 5.02 Å². The first-order valence-corrected chi connectivity index (χ1v) is 10.1. The smallest absolute Gasteiger partial charge is 0.283 e. The van der Waals surface area contributed by atoms with Crippen molar-refractivity contribution in [2.75, 3.05) is 7.11 Å². The molecule has 0 aliphatic rings. The summed E-state index contributed by atoms with van der Waals surface area (Å²) in [6, 6.07) is 13.3. The van der Waals surface area contributed by atoms with Gasteiger partial charge in [0.2, 0.25) is 0 Å². The van der Waals surface area contributed by atoms with Gasteiger partial charge in [-0.1, -0.05) is 41.9 Å².